The zero-order valence-electron chi connectivity index (χ0n) is 17.4. The molecule has 0 fully saturated rings. The molecule has 0 aliphatic heterocycles. The van der Waals surface area contributed by atoms with Crippen molar-refractivity contribution < 1.29 is 4.79 Å². The van der Waals surface area contributed by atoms with E-state index in [0.717, 1.165) is 27.8 Å². The largest absolute Gasteiger partial charge is 0.381 e. The summed E-state index contributed by atoms with van der Waals surface area (Å²) in [5, 5.41) is 8.23. The molecule has 3 N–H and O–H groups in total. The molecular formula is C25H20N6O. The van der Waals surface area contributed by atoms with Gasteiger partial charge in [-0.3, -0.25) is 4.79 Å². The van der Waals surface area contributed by atoms with Crippen molar-refractivity contribution >= 4 is 28.3 Å². The fraction of sp³-hybridized carbons (Fsp3) is 0.0800. The smallest absolute Gasteiger partial charge is 0.259 e. The van der Waals surface area contributed by atoms with Gasteiger partial charge in [-0.2, -0.15) is 0 Å². The minimum Gasteiger partial charge on any atom is -0.381 e. The molecule has 1 amide bonds. The third kappa shape index (κ3) is 3.06. The van der Waals surface area contributed by atoms with Crippen molar-refractivity contribution in [2.24, 2.45) is 0 Å². The summed E-state index contributed by atoms with van der Waals surface area (Å²) in [6, 6.07) is 19.2. The maximum absolute atomic E-state index is 13.2. The van der Waals surface area contributed by atoms with Crippen LogP contribution in [0.4, 0.5) is 5.82 Å². The monoisotopic (exact) mass is 420 g/mol. The summed E-state index contributed by atoms with van der Waals surface area (Å²) in [6.07, 6.45) is 9.10. The van der Waals surface area contributed by atoms with Gasteiger partial charge in [-0.15, -0.1) is 11.5 Å². The molecule has 156 valence electrons. The molecule has 32 heavy (non-hydrogen) atoms. The molecule has 7 nitrogen and oxygen atoms in total. The fourth-order valence-corrected chi connectivity index (χ4v) is 4.04. The minimum atomic E-state index is -0.348. The van der Waals surface area contributed by atoms with Crippen molar-refractivity contribution in [2.75, 3.05) is 5.73 Å². The van der Waals surface area contributed by atoms with E-state index in [2.05, 4.69) is 25.9 Å². The predicted molar refractivity (Wildman–Crippen MR) is 124 cm³/mol. The van der Waals surface area contributed by atoms with Crippen LogP contribution in [0.2, 0.25) is 0 Å². The van der Waals surface area contributed by atoms with Gasteiger partial charge in [-0.25, -0.2) is 9.50 Å². The number of benzene rings is 2. The van der Waals surface area contributed by atoms with Crippen molar-refractivity contribution in [1.29, 1.82) is 0 Å². The zero-order valence-corrected chi connectivity index (χ0v) is 17.4. The number of nitrogens with two attached hydrogens (primary N) is 1. The zero-order chi connectivity index (χ0) is 22.2. The number of anilines is 1. The number of nitrogen functional groups attached to an aromatic ring is 1. The highest BCUT2D eigenvalue weighted by molar-refractivity contribution is 6.04. The molecule has 5 aromatic rings. The average molecular weight is 420 g/mol. The van der Waals surface area contributed by atoms with Crippen LogP contribution in [-0.4, -0.2) is 25.1 Å². The van der Waals surface area contributed by atoms with Crippen LogP contribution < -0.4 is 11.1 Å². The lowest BCUT2D eigenvalue weighted by atomic mass is 10.1. The molecule has 0 saturated heterocycles. The number of fused-ring (bicyclic) bond motifs is 2. The van der Waals surface area contributed by atoms with E-state index in [1.165, 1.54) is 4.52 Å². The van der Waals surface area contributed by atoms with Crippen LogP contribution in [0.1, 0.15) is 34.6 Å². The van der Waals surface area contributed by atoms with E-state index in [4.69, 9.17) is 12.2 Å². The summed E-state index contributed by atoms with van der Waals surface area (Å²) >= 11 is 0. The number of nitrogens with zero attached hydrogens (tertiary/aromatic N) is 4. The quantitative estimate of drug-likeness (QED) is 0.434. The van der Waals surface area contributed by atoms with E-state index >= 15 is 0 Å². The SMILES string of the molecule is C#Cc1cccc2cc(C(C)NC(=O)c3c(N)nn4cccnc34)n(-c3ccccc3)c12. The number of para-hydroxylation sites is 2. The lowest BCUT2D eigenvalue weighted by Crippen LogP contribution is -2.28. The Kier molecular flexibility index (Phi) is 4.61. The Morgan fingerprint density at radius 3 is 2.75 bits per heavy atom. The molecule has 0 radical (unpaired) electrons. The van der Waals surface area contributed by atoms with Crippen LogP contribution in [0.25, 0.3) is 22.2 Å². The Balaban J connectivity index is 1.61. The topological polar surface area (TPSA) is 90.2 Å². The molecule has 0 saturated carbocycles. The molecule has 1 atom stereocenters. The number of nitrogens with one attached hydrogen (secondary N) is 1. The van der Waals surface area contributed by atoms with Gasteiger partial charge in [0, 0.05) is 34.7 Å². The molecule has 0 aliphatic carbocycles. The number of hydrogen-bond acceptors (Lipinski definition) is 4. The van der Waals surface area contributed by atoms with E-state index in [1.54, 1.807) is 18.5 Å². The highest BCUT2D eigenvalue weighted by atomic mass is 16.1. The molecule has 3 heterocycles. The van der Waals surface area contributed by atoms with Gasteiger partial charge in [-0.05, 0) is 37.3 Å². The Bertz CT molecular complexity index is 1510. The maximum atomic E-state index is 13.2. The van der Waals surface area contributed by atoms with Crippen molar-refractivity contribution in [3.8, 4) is 18.0 Å². The first kappa shape index (κ1) is 19.4. The number of rotatable bonds is 4. The van der Waals surface area contributed by atoms with Gasteiger partial charge in [0.05, 0.1) is 11.6 Å². The molecule has 0 spiro atoms. The second-order valence-electron chi connectivity index (χ2n) is 7.47. The van der Waals surface area contributed by atoms with E-state index in [-0.39, 0.29) is 23.3 Å². The van der Waals surface area contributed by atoms with Crippen molar-refractivity contribution in [3.63, 3.8) is 0 Å². The third-order valence-electron chi connectivity index (χ3n) is 5.46. The maximum Gasteiger partial charge on any atom is 0.259 e. The first-order valence-electron chi connectivity index (χ1n) is 10.1. The summed E-state index contributed by atoms with van der Waals surface area (Å²) in [4.78, 5) is 17.4. The Morgan fingerprint density at radius 2 is 1.97 bits per heavy atom. The summed E-state index contributed by atoms with van der Waals surface area (Å²) in [6.45, 7) is 1.93. The lowest BCUT2D eigenvalue weighted by molar-refractivity contribution is 0.0941. The van der Waals surface area contributed by atoms with Gasteiger partial charge < -0.3 is 15.6 Å². The molecule has 0 aliphatic rings. The van der Waals surface area contributed by atoms with Crippen LogP contribution in [0.3, 0.4) is 0 Å². The summed E-state index contributed by atoms with van der Waals surface area (Å²) in [5.74, 6) is 2.57. The Morgan fingerprint density at radius 1 is 1.16 bits per heavy atom. The Hall–Kier alpha value is -4.57. The first-order chi connectivity index (χ1) is 15.6. The van der Waals surface area contributed by atoms with Gasteiger partial charge >= 0.3 is 0 Å². The summed E-state index contributed by atoms with van der Waals surface area (Å²) in [7, 11) is 0. The van der Waals surface area contributed by atoms with Gasteiger partial charge in [0.15, 0.2) is 11.5 Å². The van der Waals surface area contributed by atoms with Gasteiger partial charge in [0.1, 0.15) is 5.56 Å². The molecule has 3 aromatic heterocycles. The van der Waals surface area contributed by atoms with Gasteiger partial charge in [-0.1, -0.05) is 36.3 Å². The number of amides is 1. The first-order valence-corrected chi connectivity index (χ1v) is 10.1. The highest BCUT2D eigenvalue weighted by Gasteiger charge is 2.24. The van der Waals surface area contributed by atoms with Crippen LogP contribution >= 0.6 is 0 Å². The van der Waals surface area contributed by atoms with Crippen molar-refractivity contribution in [1.82, 2.24) is 24.5 Å². The normalized spacial score (nSPS) is 12.0. The second-order valence-corrected chi connectivity index (χ2v) is 7.47. The number of hydrogen-bond donors (Lipinski definition) is 2. The predicted octanol–water partition coefficient (Wildman–Crippen LogP) is 3.73. The number of carbonyl (C=O) groups is 1. The molecule has 1 unspecified atom stereocenters. The van der Waals surface area contributed by atoms with Crippen molar-refractivity contribution in [3.05, 3.63) is 89.9 Å². The van der Waals surface area contributed by atoms with Gasteiger partial charge in [0.25, 0.3) is 5.91 Å². The number of aromatic nitrogens is 4. The summed E-state index contributed by atoms with van der Waals surface area (Å²) in [5.41, 5.74) is 10.3. The van der Waals surface area contributed by atoms with Crippen LogP contribution in [-0.2, 0) is 0 Å². The molecular weight excluding hydrogens is 400 g/mol. The molecule has 2 aromatic carbocycles. The fourth-order valence-electron chi connectivity index (χ4n) is 4.04. The highest BCUT2D eigenvalue weighted by Crippen LogP contribution is 2.31. The Labute approximate surface area is 184 Å². The third-order valence-corrected chi connectivity index (χ3v) is 5.46. The second kappa shape index (κ2) is 7.60. The molecule has 5 rings (SSSR count). The van der Waals surface area contributed by atoms with Crippen LogP contribution in [0.15, 0.2) is 73.1 Å². The van der Waals surface area contributed by atoms with E-state index < -0.39 is 0 Å². The van der Waals surface area contributed by atoms with Crippen molar-refractivity contribution in [2.45, 2.75) is 13.0 Å². The van der Waals surface area contributed by atoms with E-state index in [9.17, 15) is 4.79 Å². The van der Waals surface area contributed by atoms with Crippen LogP contribution in [0, 0.1) is 12.3 Å². The van der Waals surface area contributed by atoms with E-state index in [0.29, 0.717) is 5.65 Å². The molecule has 0 bridgehead atoms. The average Bonchev–Trinajstić information content (AvgIpc) is 3.36. The number of terminal acetylenes is 1. The van der Waals surface area contributed by atoms with Crippen LogP contribution in [0.5, 0.6) is 0 Å². The molecule has 7 heteroatoms. The van der Waals surface area contributed by atoms with E-state index in [1.807, 2.05) is 61.5 Å². The standard InChI is InChI=1S/C25H20N6O/c1-3-17-9-7-10-18-15-20(31(22(17)18)19-11-5-4-6-12-19)16(2)28-25(32)21-23(26)29-30-14-8-13-27-24(21)30/h1,4-16H,2H3,(H2,26,29)(H,28,32). The summed E-state index contributed by atoms with van der Waals surface area (Å²) < 4.78 is 3.59. The minimum absolute atomic E-state index is 0.131. The number of carbonyl (C=O) groups excluding carboxylic acids is 1. The van der Waals surface area contributed by atoms with Gasteiger partial charge in [0.2, 0.25) is 0 Å². The lowest BCUT2D eigenvalue weighted by Gasteiger charge is -2.18.